The number of aromatic nitrogens is 4. The smallest absolute Gasteiger partial charge is 0.699 e. The predicted octanol–water partition coefficient (Wildman–Crippen LogP) is 10.8. The second-order valence-electron chi connectivity index (χ2n) is 9.86. The molecule has 7 heteroatoms. The summed E-state index contributed by atoms with van der Waals surface area (Å²) in [4.78, 5) is 16.7. The first-order valence-electron chi connectivity index (χ1n) is 14.1. The summed E-state index contributed by atoms with van der Waals surface area (Å²) >= 11 is 0. The van der Waals surface area contributed by atoms with E-state index in [1.54, 1.807) is 24.8 Å². The summed E-state index contributed by atoms with van der Waals surface area (Å²) in [6.45, 7) is 0. The van der Waals surface area contributed by atoms with E-state index in [0.29, 0.717) is 11.4 Å². The van der Waals surface area contributed by atoms with Crippen molar-refractivity contribution in [1.82, 2.24) is 19.9 Å². The molecule has 0 fully saturated rings. The molecule has 2 N–H and O–H groups in total. The zero-order valence-electron chi connectivity index (χ0n) is 24.1. The Morgan fingerprint density at radius 3 is 1.18 bits per heavy atom. The van der Waals surface area contributed by atoms with E-state index < -0.39 is 0 Å². The monoisotopic (exact) mass is 671 g/mol. The van der Waals surface area contributed by atoms with Crippen LogP contribution in [0.3, 0.4) is 0 Å². The van der Waals surface area contributed by atoms with Gasteiger partial charge in [-0.1, -0.05) is 84.9 Å². The van der Waals surface area contributed by atoms with Crippen molar-refractivity contribution < 1.29 is 19.5 Å². The number of fused-ring (bicyclic) bond motifs is 5. The van der Waals surface area contributed by atoms with Gasteiger partial charge in [0.2, 0.25) is 0 Å². The molecule has 6 nitrogen and oxygen atoms in total. The van der Waals surface area contributed by atoms with E-state index in [2.05, 4.69) is 32.1 Å². The second-order valence-corrected chi connectivity index (χ2v) is 9.86. The standard InChI is InChI=1S/C18H12N2.2C10H8N2.Rh/c19-17-15-8-4-3-7-13(15)14-10-9-11-5-1-2-6-12(11)16(14)18(17)20;2*1-3-7-11-9(5-1)10-6-2-4-8-12-10;/h1-10,19-20H;2*1-8H;/q-2;;;+2. The maximum absolute atomic E-state index is 8.36. The molecule has 1 radical (unpaired) electrons. The largest absolute Gasteiger partial charge is 2.00 e. The third-order valence-electron chi connectivity index (χ3n) is 7.10. The van der Waals surface area contributed by atoms with Gasteiger partial charge in [-0.2, -0.15) is 0 Å². The fourth-order valence-corrected chi connectivity index (χ4v) is 5.02. The fraction of sp³-hybridized carbons (Fsp3) is 0. The number of rotatable bonds is 2. The number of pyridine rings is 4. The van der Waals surface area contributed by atoms with Crippen molar-refractivity contribution in [2.45, 2.75) is 0 Å². The molecular weight excluding hydrogens is 643 g/mol. The van der Waals surface area contributed by atoms with Gasteiger partial charge in [0, 0.05) is 24.8 Å². The molecule has 0 saturated carbocycles. The summed E-state index contributed by atoms with van der Waals surface area (Å²) in [7, 11) is 0. The number of hydrogen-bond acceptors (Lipinski definition) is 4. The van der Waals surface area contributed by atoms with Crippen molar-refractivity contribution in [3.8, 4) is 22.8 Å². The van der Waals surface area contributed by atoms with Crippen LogP contribution in [0.25, 0.3) is 66.6 Å². The Kier molecular flexibility index (Phi) is 10.2. The van der Waals surface area contributed by atoms with Crippen LogP contribution >= 0.6 is 0 Å². The Bertz CT molecular complexity index is 1970. The van der Waals surface area contributed by atoms with Crippen LogP contribution in [0, 0.1) is 0 Å². The summed E-state index contributed by atoms with van der Waals surface area (Å²) in [5.41, 5.74) is 20.9. The topological polar surface area (TPSA) is 99.2 Å². The molecular formula is C38H28N6Rh. The first-order chi connectivity index (χ1) is 21.7. The number of benzene rings is 4. The van der Waals surface area contributed by atoms with Crippen molar-refractivity contribution in [3.05, 3.63) is 170 Å². The van der Waals surface area contributed by atoms with Gasteiger partial charge in [0.15, 0.2) is 0 Å². The van der Waals surface area contributed by atoms with E-state index in [0.717, 1.165) is 55.1 Å². The fourth-order valence-electron chi connectivity index (χ4n) is 5.02. The number of nitrogens with one attached hydrogen (secondary N) is 2. The number of nitrogens with zero attached hydrogens (tertiary/aromatic N) is 4. The normalized spacial score (nSPS) is 10.2. The quantitative estimate of drug-likeness (QED) is 0.135. The molecule has 219 valence electrons. The van der Waals surface area contributed by atoms with Crippen LogP contribution < -0.4 is 0 Å². The first-order valence-corrected chi connectivity index (χ1v) is 14.1. The van der Waals surface area contributed by atoms with E-state index in [-0.39, 0.29) is 19.5 Å². The molecule has 45 heavy (non-hydrogen) atoms. The Morgan fingerprint density at radius 2 is 0.733 bits per heavy atom. The molecule has 4 aromatic heterocycles. The van der Waals surface area contributed by atoms with Crippen molar-refractivity contribution in [2.24, 2.45) is 0 Å². The van der Waals surface area contributed by atoms with Crippen molar-refractivity contribution >= 4 is 43.7 Å². The molecule has 8 aromatic rings. The summed E-state index contributed by atoms with van der Waals surface area (Å²) in [5.74, 6) is 0. The van der Waals surface area contributed by atoms with Gasteiger partial charge >= 0.3 is 19.5 Å². The third kappa shape index (κ3) is 7.01. The van der Waals surface area contributed by atoms with Gasteiger partial charge in [0.1, 0.15) is 0 Å². The molecule has 0 aliphatic rings. The summed E-state index contributed by atoms with van der Waals surface area (Å²) < 4.78 is 0. The molecule has 0 spiro atoms. The Labute approximate surface area is 274 Å². The predicted molar refractivity (Wildman–Crippen MR) is 182 cm³/mol. The Balaban J connectivity index is 0.000000139. The van der Waals surface area contributed by atoms with Crippen LogP contribution in [-0.4, -0.2) is 19.9 Å². The molecule has 0 bridgehead atoms. The van der Waals surface area contributed by atoms with E-state index in [1.165, 1.54) is 0 Å². The molecule has 0 aliphatic carbocycles. The summed E-state index contributed by atoms with van der Waals surface area (Å²) in [6, 6.07) is 43.3. The molecule has 8 rings (SSSR count). The van der Waals surface area contributed by atoms with E-state index >= 15 is 0 Å². The van der Waals surface area contributed by atoms with Gasteiger partial charge in [-0.25, -0.2) is 0 Å². The van der Waals surface area contributed by atoms with Gasteiger partial charge in [-0.3, -0.25) is 19.9 Å². The van der Waals surface area contributed by atoms with Crippen LogP contribution in [-0.2, 0) is 19.5 Å². The van der Waals surface area contributed by atoms with Crippen molar-refractivity contribution in [2.75, 3.05) is 0 Å². The Hall–Kier alpha value is -5.52. The molecule has 4 aromatic carbocycles. The molecule has 0 saturated heterocycles. The average Bonchev–Trinajstić information content (AvgIpc) is 3.12. The van der Waals surface area contributed by atoms with Crippen LogP contribution in [0.15, 0.2) is 158 Å². The van der Waals surface area contributed by atoms with Crippen LogP contribution in [0.5, 0.6) is 0 Å². The number of hydrogen-bond donors (Lipinski definition) is 0. The van der Waals surface area contributed by atoms with Gasteiger partial charge in [0.25, 0.3) is 0 Å². The zero-order chi connectivity index (χ0) is 30.1. The molecule has 4 heterocycles. The van der Waals surface area contributed by atoms with Crippen molar-refractivity contribution in [1.29, 1.82) is 0 Å². The van der Waals surface area contributed by atoms with Gasteiger partial charge in [-0.15, -0.1) is 11.4 Å². The van der Waals surface area contributed by atoms with Crippen LogP contribution in [0.2, 0.25) is 0 Å². The minimum absolute atomic E-state index is 0. The van der Waals surface area contributed by atoms with E-state index in [1.807, 2.05) is 121 Å². The van der Waals surface area contributed by atoms with Gasteiger partial charge in [-0.05, 0) is 80.8 Å². The first kappa shape index (κ1) is 30.9. The molecule has 0 atom stereocenters. The summed E-state index contributed by atoms with van der Waals surface area (Å²) in [6.07, 6.45) is 7.07. The molecule has 0 unspecified atom stereocenters. The van der Waals surface area contributed by atoms with Gasteiger partial charge in [0.05, 0.1) is 22.8 Å². The second kappa shape index (κ2) is 14.8. The molecule has 0 amide bonds. The van der Waals surface area contributed by atoms with E-state index in [4.69, 9.17) is 11.5 Å². The van der Waals surface area contributed by atoms with Crippen LogP contribution in [0.4, 0.5) is 11.4 Å². The maximum Gasteiger partial charge on any atom is 2.00 e. The third-order valence-corrected chi connectivity index (χ3v) is 7.10. The molecule has 0 aliphatic heterocycles. The Morgan fingerprint density at radius 1 is 0.333 bits per heavy atom. The minimum atomic E-state index is 0. The average molecular weight is 672 g/mol. The maximum atomic E-state index is 8.36. The minimum Gasteiger partial charge on any atom is -0.699 e. The van der Waals surface area contributed by atoms with Gasteiger partial charge < -0.3 is 11.5 Å². The zero-order valence-corrected chi connectivity index (χ0v) is 25.8. The van der Waals surface area contributed by atoms with E-state index in [9.17, 15) is 0 Å². The SMILES string of the molecule is [NH-]c1c([NH-])c2c3ccccc3ccc2c2ccccc12.[Rh+2].c1ccc(-c2ccccn2)nc1.c1ccc(-c2ccccn2)nc1. The van der Waals surface area contributed by atoms with Crippen molar-refractivity contribution in [3.63, 3.8) is 0 Å². The summed E-state index contributed by atoms with van der Waals surface area (Å²) in [5, 5.41) is 6.00. The van der Waals surface area contributed by atoms with Crippen LogP contribution in [0.1, 0.15) is 0 Å².